The number of nitrogens with zero attached hydrogens (tertiary/aromatic N) is 2. The van der Waals surface area contributed by atoms with Gasteiger partial charge in [-0.25, -0.2) is 0 Å². The zero-order valence-electron chi connectivity index (χ0n) is 11.4. The van der Waals surface area contributed by atoms with Gasteiger partial charge in [-0.05, 0) is 37.2 Å². The van der Waals surface area contributed by atoms with Crippen LogP contribution in [-0.2, 0) is 13.5 Å². The highest BCUT2D eigenvalue weighted by molar-refractivity contribution is 9.09. The van der Waals surface area contributed by atoms with Gasteiger partial charge in [0.05, 0.1) is 0 Å². The zero-order valence-corrected chi connectivity index (χ0v) is 13.0. The zero-order chi connectivity index (χ0) is 12.7. The molecule has 1 heterocycles. The van der Waals surface area contributed by atoms with Gasteiger partial charge in [0.2, 0.25) is 0 Å². The molecule has 0 spiro atoms. The Labute approximate surface area is 114 Å². The Bertz CT molecular complexity index is 316. The number of aromatic nitrogens is 2. The summed E-state index contributed by atoms with van der Waals surface area (Å²) in [6.45, 7) is 4.59. The summed E-state index contributed by atoms with van der Waals surface area (Å²) in [5.74, 6) is 0. The first-order valence-electron chi connectivity index (χ1n) is 6.70. The van der Waals surface area contributed by atoms with Crippen molar-refractivity contribution in [2.75, 3.05) is 5.33 Å². The van der Waals surface area contributed by atoms with Crippen molar-refractivity contribution < 1.29 is 0 Å². The molecule has 0 aromatic carbocycles. The summed E-state index contributed by atoms with van der Waals surface area (Å²) in [5.41, 5.74) is 1.82. The van der Waals surface area contributed by atoms with Gasteiger partial charge in [0.25, 0.3) is 0 Å². The molecule has 1 atom stereocenters. The molecule has 17 heavy (non-hydrogen) atoms. The van der Waals surface area contributed by atoms with Crippen LogP contribution in [0.2, 0.25) is 0 Å². The minimum absolute atomic E-state index is 0.472. The molecule has 1 rings (SSSR count). The molecule has 0 aliphatic carbocycles. The number of unbranched alkanes of at least 4 members (excludes halogenated alkanes) is 1. The molecular formula is C14H25BrN2. The number of aryl methyl sites for hydroxylation is 2. The largest absolute Gasteiger partial charge is 0.273 e. The number of rotatable bonds is 8. The first-order valence-corrected chi connectivity index (χ1v) is 7.82. The van der Waals surface area contributed by atoms with Gasteiger partial charge < -0.3 is 0 Å². The summed E-state index contributed by atoms with van der Waals surface area (Å²) >= 11 is 3.72. The summed E-state index contributed by atoms with van der Waals surface area (Å²) in [7, 11) is 2.03. The van der Waals surface area contributed by atoms with E-state index in [4.69, 9.17) is 0 Å². The van der Waals surface area contributed by atoms with Crippen molar-refractivity contribution in [2.24, 2.45) is 12.5 Å². The van der Waals surface area contributed by atoms with Crippen molar-refractivity contribution >= 4 is 15.9 Å². The Morgan fingerprint density at radius 2 is 2.12 bits per heavy atom. The average molecular weight is 301 g/mol. The molecule has 0 saturated heterocycles. The van der Waals surface area contributed by atoms with E-state index in [1.54, 1.807) is 0 Å². The van der Waals surface area contributed by atoms with Crippen LogP contribution in [0.3, 0.4) is 0 Å². The van der Waals surface area contributed by atoms with Crippen LogP contribution >= 0.6 is 15.9 Å². The Balaban J connectivity index is 2.57. The Morgan fingerprint density at radius 3 is 2.59 bits per heavy atom. The third kappa shape index (κ3) is 4.13. The SMILES string of the molecule is CCCCC(CC)(CBr)CCc1ccnn1C. The molecule has 0 N–H and O–H groups in total. The van der Waals surface area contributed by atoms with Crippen LogP contribution in [0.4, 0.5) is 0 Å². The molecule has 2 nitrogen and oxygen atoms in total. The standard InChI is InChI=1S/C14H25BrN2/c1-4-6-9-14(5-2,12-15)10-7-13-8-11-16-17(13)3/h8,11H,4-7,9-10,12H2,1-3H3. The molecule has 0 bridgehead atoms. The molecule has 1 unspecified atom stereocenters. The summed E-state index contributed by atoms with van der Waals surface area (Å²) in [4.78, 5) is 0. The smallest absolute Gasteiger partial charge is 0.0492 e. The van der Waals surface area contributed by atoms with E-state index in [-0.39, 0.29) is 0 Å². The second-order valence-corrected chi connectivity index (χ2v) is 5.60. The third-order valence-corrected chi connectivity index (χ3v) is 5.12. The Kier molecular flexibility index (Phi) is 6.24. The maximum absolute atomic E-state index is 4.24. The summed E-state index contributed by atoms with van der Waals surface area (Å²) in [5, 5.41) is 5.36. The highest BCUT2D eigenvalue weighted by atomic mass is 79.9. The summed E-state index contributed by atoms with van der Waals surface area (Å²) < 4.78 is 1.99. The van der Waals surface area contributed by atoms with E-state index in [0.29, 0.717) is 5.41 Å². The van der Waals surface area contributed by atoms with Crippen molar-refractivity contribution in [1.82, 2.24) is 9.78 Å². The fourth-order valence-electron chi connectivity index (χ4n) is 2.30. The van der Waals surface area contributed by atoms with Crippen LogP contribution in [0.15, 0.2) is 12.3 Å². The van der Waals surface area contributed by atoms with E-state index in [0.717, 1.165) is 11.8 Å². The van der Waals surface area contributed by atoms with Crippen molar-refractivity contribution in [1.29, 1.82) is 0 Å². The van der Waals surface area contributed by atoms with Crippen LogP contribution in [0, 0.1) is 5.41 Å². The highest BCUT2D eigenvalue weighted by Crippen LogP contribution is 2.35. The van der Waals surface area contributed by atoms with Crippen LogP contribution in [0.1, 0.15) is 51.6 Å². The van der Waals surface area contributed by atoms with Gasteiger partial charge in [0, 0.05) is 24.3 Å². The second kappa shape index (κ2) is 7.20. The third-order valence-electron chi connectivity index (χ3n) is 3.93. The van der Waals surface area contributed by atoms with Crippen LogP contribution < -0.4 is 0 Å². The van der Waals surface area contributed by atoms with E-state index in [9.17, 15) is 0 Å². The molecule has 0 amide bonds. The normalized spacial score (nSPS) is 14.8. The fourth-order valence-corrected chi connectivity index (χ4v) is 3.26. The van der Waals surface area contributed by atoms with E-state index in [1.165, 1.54) is 37.8 Å². The predicted molar refractivity (Wildman–Crippen MR) is 77.6 cm³/mol. The maximum Gasteiger partial charge on any atom is 0.0492 e. The minimum atomic E-state index is 0.472. The first-order chi connectivity index (χ1) is 8.17. The molecule has 0 radical (unpaired) electrons. The van der Waals surface area contributed by atoms with Crippen LogP contribution in [0.5, 0.6) is 0 Å². The Morgan fingerprint density at radius 1 is 1.35 bits per heavy atom. The molecular weight excluding hydrogens is 276 g/mol. The monoisotopic (exact) mass is 300 g/mol. The molecule has 0 aliphatic rings. The average Bonchev–Trinajstić information content (AvgIpc) is 2.76. The molecule has 0 fully saturated rings. The van der Waals surface area contributed by atoms with Crippen LogP contribution in [0.25, 0.3) is 0 Å². The lowest BCUT2D eigenvalue weighted by molar-refractivity contribution is 0.261. The summed E-state index contributed by atoms with van der Waals surface area (Å²) in [6, 6.07) is 2.13. The summed E-state index contributed by atoms with van der Waals surface area (Å²) in [6.07, 6.45) is 9.52. The minimum Gasteiger partial charge on any atom is -0.273 e. The van der Waals surface area contributed by atoms with E-state index in [1.807, 2.05) is 17.9 Å². The van der Waals surface area contributed by atoms with Crippen molar-refractivity contribution in [2.45, 2.75) is 52.4 Å². The molecule has 0 aliphatic heterocycles. The van der Waals surface area contributed by atoms with Crippen molar-refractivity contribution in [3.63, 3.8) is 0 Å². The van der Waals surface area contributed by atoms with E-state index < -0.39 is 0 Å². The lowest BCUT2D eigenvalue weighted by atomic mass is 9.78. The second-order valence-electron chi connectivity index (χ2n) is 5.04. The van der Waals surface area contributed by atoms with Crippen molar-refractivity contribution in [3.05, 3.63) is 18.0 Å². The van der Waals surface area contributed by atoms with Gasteiger partial charge in [0.1, 0.15) is 0 Å². The number of hydrogen-bond acceptors (Lipinski definition) is 1. The van der Waals surface area contributed by atoms with E-state index >= 15 is 0 Å². The van der Waals surface area contributed by atoms with Gasteiger partial charge in [-0.15, -0.1) is 0 Å². The molecule has 1 aromatic rings. The van der Waals surface area contributed by atoms with Gasteiger partial charge in [-0.2, -0.15) is 5.10 Å². The predicted octanol–water partition coefficient (Wildman–Crippen LogP) is 4.33. The molecule has 3 heteroatoms. The topological polar surface area (TPSA) is 17.8 Å². The van der Waals surface area contributed by atoms with Crippen molar-refractivity contribution in [3.8, 4) is 0 Å². The maximum atomic E-state index is 4.24. The lowest BCUT2D eigenvalue weighted by Gasteiger charge is -2.31. The Hall–Kier alpha value is -0.310. The van der Waals surface area contributed by atoms with Crippen LogP contribution in [-0.4, -0.2) is 15.1 Å². The van der Waals surface area contributed by atoms with E-state index in [2.05, 4.69) is 40.9 Å². The van der Waals surface area contributed by atoms with Gasteiger partial charge >= 0.3 is 0 Å². The van der Waals surface area contributed by atoms with Gasteiger partial charge in [-0.3, -0.25) is 4.68 Å². The number of hydrogen-bond donors (Lipinski definition) is 0. The fraction of sp³-hybridized carbons (Fsp3) is 0.786. The quantitative estimate of drug-likeness (QED) is 0.653. The highest BCUT2D eigenvalue weighted by Gasteiger charge is 2.26. The molecule has 0 saturated carbocycles. The molecule has 98 valence electrons. The van der Waals surface area contributed by atoms with Gasteiger partial charge in [-0.1, -0.05) is 42.6 Å². The number of halogens is 1. The van der Waals surface area contributed by atoms with Gasteiger partial charge in [0.15, 0.2) is 0 Å². The number of alkyl halides is 1. The lowest BCUT2D eigenvalue weighted by Crippen LogP contribution is -2.23. The first kappa shape index (κ1) is 14.7. The molecule has 1 aromatic heterocycles.